The maximum Gasteiger partial charge on any atom is 0.228 e. The van der Waals surface area contributed by atoms with E-state index < -0.39 is 3.79 Å². The molecule has 0 aliphatic heterocycles. The molecular formula is C9H9Cl3N2. The van der Waals surface area contributed by atoms with Crippen molar-refractivity contribution in [3.8, 4) is 0 Å². The van der Waals surface area contributed by atoms with Gasteiger partial charge in [-0.25, -0.2) is 0 Å². The van der Waals surface area contributed by atoms with E-state index in [4.69, 9.17) is 40.2 Å². The molecule has 1 aromatic rings. The van der Waals surface area contributed by atoms with Crippen molar-refractivity contribution in [2.24, 2.45) is 0 Å². The van der Waals surface area contributed by atoms with Gasteiger partial charge < -0.3 is 5.41 Å². The van der Waals surface area contributed by atoms with Crippen LogP contribution in [0.4, 0.5) is 0 Å². The van der Waals surface area contributed by atoms with Gasteiger partial charge in [-0.05, 0) is 25.0 Å². The minimum absolute atomic E-state index is 0.0909. The Morgan fingerprint density at radius 2 is 2.07 bits per heavy atom. The second-order valence-electron chi connectivity index (χ2n) is 2.80. The summed E-state index contributed by atoms with van der Waals surface area (Å²) in [6.45, 7) is 0. The van der Waals surface area contributed by atoms with Crippen LogP contribution >= 0.6 is 34.8 Å². The first kappa shape index (κ1) is 11.8. The number of aromatic nitrogens is 1. The van der Waals surface area contributed by atoms with Crippen LogP contribution in [-0.4, -0.2) is 14.5 Å². The lowest BCUT2D eigenvalue weighted by Gasteiger charge is -2.11. The zero-order chi connectivity index (χ0) is 10.6. The molecule has 1 N–H and O–H groups in total. The quantitative estimate of drug-likeness (QED) is 0.649. The summed E-state index contributed by atoms with van der Waals surface area (Å²) in [6.07, 6.45) is 2.73. The van der Waals surface area contributed by atoms with Crippen LogP contribution in [0, 0.1) is 5.41 Å². The molecule has 0 saturated carbocycles. The summed E-state index contributed by atoms with van der Waals surface area (Å²) in [5.41, 5.74) is 0.986. The summed E-state index contributed by atoms with van der Waals surface area (Å²) in [7, 11) is 0. The zero-order valence-electron chi connectivity index (χ0n) is 7.30. The molecule has 76 valence electrons. The number of halogens is 3. The molecular weight excluding hydrogens is 242 g/mol. The SMILES string of the molecule is N=C(CCc1ccccn1)C(Cl)(Cl)Cl. The Morgan fingerprint density at radius 3 is 2.57 bits per heavy atom. The highest BCUT2D eigenvalue weighted by Gasteiger charge is 2.25. The van der Waals surface area contributed by atoms with Crippen LogP contribution in [0.25, 0.3) is 0 Å². The van der Waals surface area contributed by atoms with Gasteiger partial charge in [0.1, 0.15) is 0 Å². The molecule has 14 heavy (non-hydrogen) atoms. The topological polar surface area (TPSA) is 36.7 Å². The molecule has 0 aliphatic carbocycles. The molecule has 5 heteroatoms. The van der Waals surface area contributed by atoms with E-state index >= 15 is 0 Å². The maximum absolute atomic E-state index is 7.47. The molecule has 0 spiro atoms. The Labute approximate surface area is 97.7 Å². The first-order valence-corrected chi connectivity index (χ1v) is 5.18. The van der Waals surface area contributed by atoms with E-state index in [0.717, 1.165) is 5.69 Å². The van der Waals surface area contributed by atoms with Gasteiger partial charge in [0.15, 0.2) is 0 Å². The Balaban J connectivity index is 2.46. The Bertz CT molecular complexity index is 306. The van der Waals surface area contributed by atoms with Crippen LogP contribution in [0.5, 0.6) is 0 Å². The molecule has 0 bridgehead atoms. The highest BCUT2D eigenvalue weighted by Crippen LogP contribution is 2.28. The normalized spacial score (nSPS) is 11.4. The summed E-state index contributed by atoms with van der Waals surface area (Å²) >= 11 is 16.6. The summed E-state index contributed by atoms with van der Waals surface area (Å²) in [5, 5.41) is 7.47. The first-order chi connectivity index (χ1) is 6.50. The van der Waals surface area contributed by atoms with Crippen LogP contribution in [0.2, 0.25) is 0 Å². The van der Waals surface area contributed by atoms with E-state index in [2.05, 4.69) is 4.98 Å². The fourth-order valence-corrected chi connectivity index (χ4v) is 1.22. The molecule has 1 heterocycles. The second-order valence-corrected chi connectivity index (χ2v) is 5.08. The van der Waals surface area contributed by atoms with Crippen LogP contribution in [0.3, 0.4) is 0 Å². The molecule has 0 aliphatic rings. The number of hydrogen-bond acceptors (Lipinski definition) is 2. The summed E-state index contributed by atoms with van der Waals surface area (Å²) < 4.78 is -1.59. The molecule has 0 unspecified atom stereocenters. The predicted molar refractivity (Wildman–Crippen MR) is 60.6 cm³/mol. The van der Waals surface area contributed by atoms with Crippen molar-refractivity contribution in [2.45, 2.75) is 16.6 Å². The Hall–Kier alpha value is -0.310. The van der Waals surface area contributed by atoms with E-state index in [9.17, 15) is 0 Å². The van der Waals surface area contributed by atoms with Crippen LogP contribution in [0.15, 0.2) is 24.4 Å². The van der Waals surface area contributed by atoms with Gasteiger partial charge in [-0.3, -0.25) is 4.98 Å². The standard InChI is InChI=1S/C9H9Cl3N2/c10-9(11,12)8(13)5-4-7-3-1-2-6-14-7/h1-3,6,13H,4-5H2. The number of pyridine rings is 1. The van der Waals surface area contributed by atoms with Gasteiger partial charge in [-0.1, -0.05) is 40.9 Å². The van der Waals surface area contributed by atoms with Gasteiger partial charge in [0.2, 0.25) is 3.79 Å². The van der Waals surface area contributed by atoms with Crippen LogP contribution < -0.4 is 0 Å². The van der Waals surface area contributed by atoms with E-state index in [1.54, 1.807) is 6.20 Å². The van der Waals surface area contributed by atoms with Gasteiger partial charge in [0.05, 0.1) is 5.71 Å². The number of nitrogens with one attached hydrogen (secondary N) is 1. The molecule has 1 rings (SSSR count). The third-order valence-electron chi connectivity index (χ3n) is 1.70. The second kappa shape index (κ2) is 4.96. The molecule has 0 radical (unpaired) electrons. The monoisotopic (exact) mass is 250 g/mol. The van der Waals surface area contributed by atoms with E-state index in [1.165, 1.54) is 0 Å². The number of hydrogen-bond donors (Lipinski definition) is 1. The molecule has 0 saturated heterocycles. The molecule has 0 fully saturated rings. The van der Waals surface area contributed by atoms with Crippen molar-refractivity contribution in [1.82, 2.24) is 4.98 Å². The molecule has 0 amide bonds. The van der Waals surface area contributed by atoms with Crippen LogP contribution in [0.1, 0.15) is 12.1 Å². The lowest BCUT2D eigenvalue weighted by molar-refractivity contribution is 0.954. The summed E-state index contributed by atoms with van der Waals surface area (Å²) in [5.74, 6) is 0. The first-order valence-electron chi connectivity index (χ1n) is 4.04. The molecule has 1 aromatic heterocycles. The number of rotatable bonds is 3. The summed E-state index contributed by atoms with van der Waals surface area (Å²) in [6, 6.07) is 5.61. The number of alkyl halides is 3. The minimum Gasteiger partial charge on any atom is -0.305 e. The molecule has 0 atom stereocenters. The minimum atomic E-state index is -1.59. The van der Waals surface area contributed by atoms with Crippen molar-refractivity contribution in [3.05, 3.63) is 30.1 Å². The van der Waals surface area contributed by atoms with Gasteiger partial charge in [0.25, 0.3) is 0 Å². The lowest BCUT2D eigenvalue weighted by atomic mass is 10.1. The zero-order valence-corrected chi connectivity index (χ0v) is 9.57. The Morgan fingerprint density at radius 1 is 1.36 bits per heavy atom. The average molecular weight is 252 g/mol. The van der Waals surface area contributed by atoms with E-state index in [-0.39, 0.29) is 5.71 Å². The van der Waals surface area contributed by atoms with Crippen molar-refractivity contribution in [2.75, 3.05) is 0 Å². The largest absolute Gasteiger partial charge is 0.305 e. The van der Waals surface area contributed by atoms with Crippen molar-refractivity contribution in [3.63, 3.8) is 0 Å². The third-order valence-corrected chi connectivity index (χ3v) is 2.38. The summed E-state index contributed by atoms with van der Waals surface area (Å²) in [4.78, 5) is 4.11. The predicted octanol–water partition coefficient (Wildman–Crippen LogP) is 3.40. The van der Waals surface area contributed by atoms with Crippen molar-refractivity contribution < 1.29 is 0 Å². The maximum atomic E-state index is 7.47. The highest BCUT2D eigenvalue weighted by atomic mass is 35.6. The van der Waals surface area contributed by atoms with E-state index in [0.29, 0.717) is 12.8 Å². The lowest BCUT2D eigenvalue weighted by Crippen LogP contribution is -2.18. The highest BCUT2D eigenvalue weighted by molar-refractivity contribution is 6.76. The molecule has 0 aromatic carbocycles. The average Bonchev–Trinajstić information content (AvgIpc) is 2.14. The fourth-order valence-electron chi connectivity index (χ4n) is 0.941. The van der Waals surface area contributed by atoms with E-state index in [1.807, 2.05) is 18.2 Å². The van der Waals surface area contributed by atoms with Gasteiger partial charge >= 0.3 is 0 Å². The van der Waals surface area contributed by atoms with Gasteiger partial charge in [-0.2, -0.15) is 0 Å². The molecule has 2 nitrogen and oxygen atoms in total. The van der Waals surface area contributed by atoms with Crippen molar-refractivity contribution >= 4 is 40.5 Å². The van der Waals surface area contributed by atoms with Crippen molar-refractivity contribution in [1.29, 1.82) is 5.41 Å². The Kier molecular flexibility index (Phi) is 4.17. The van der Waals surface area contributed by atoms with Gasteiger partial charge in [-0.15, -0.1) is 0 Å². The van der Waals surface area contributed by atoms with Gasteiger partial charge in [0, 0.05) is 11.9 Å². The van der Waals surface area contributed by atoms with Crippen LogP contribution in [-0.2, 0) is 6.42 Å². The number of aryl methyl sites for hydroxylation is 1. The smallest absolute Gasteiger partial charge is 0.228 e. The third kappa shape index (κ3) is 3.82. The fraction of sp³-hybridized carbons (Fsp3) is 0.333. The number of nitrogens with zero attached hydrogens (tertiary/aromatic N) is 1.